The number of rotatable bonds is 4. The SMILES string of the molecule is Fc1ccc(C(F)(F)F)c(-c2ncc(CNC3CC3)s2)c1. The summed E-state index contributed by atoms with van der Waals surface area (Å²) in [5, 5.41) is 3.46. The fourth-order valence-corrected chi connectivity index (χ4v) is 2.88. The van der Waals surface area contributed by atoms with Crippen LogP contribution in [-0.4, -0.2) is 11.0 Å². The van der Waals surface area contributed by atoms with Crippen LogP contribution in [0.3, 0.4) is 0 Å². The first kappa shape index (κ1) is 14.5. The standard InChI is InChI=1S/C14H12F4N2S/c15-8-1-4-12(14(16,17)18)11(5-8)13-20-7-10(21-13)6-19-9-2-3-9/h1,4-5,7,9,19H,2-3,6H2. The van der Waals surface area contributed by atoms with Gasteiger partial charge in [-0.3, -0.25) is 0 Å². The molecular formula is C14H12F4N2S. The summed E-state index contributed by atoms with van der Waals surface area (Å²) in [6.45, 7) is 0.582. The maximum atomic E-state index is 13.3. The molecule has 0 spiro atoms. The van der Waals surface area contributed by atoms with Crippen LogP contribution in [0.1, 0.15) is 23.3 Å². The quantitative estimate of drug-likeness (QED) is 0.854. The van der Waals surface area contributed by atoms with Crippen molar-refractivity contribution < 1.29 is 17.6 Å². The van der Waals surface area contributed by atoms with E-state index >= 15 is 0 Å². The molecule has 1 saturated carbocycles. The molecular weight excluding hydrogens is 304 g/mol. The van der Waals surface area contributed by atoms with Crippen molar-refractivity contribution in [3.8, 4) is 10.6 Å². The minimum atomic E-state index is -4.53. The molecule has 1 aromatic heterocycles. The van der Waals surface area contributed by atoms with Crippen molar-refractivity contribution >= 4 is 11.3 Å². The van der Waals surface area contributed by atoms with E-state index in [0.29, 0.717) is 12.6 Å². The second kappa shape index (κ2) is 5.38. The zero-order valence-corrected chi connectivity index (χ0v) is 11.7. The van der Waals surface area contributed by atoms with Crippen molar-refractivity contribution in [3.63, 3.8) is 0 Å². The van der Waals surface area contributed by atoms with Gasteiger partial charge in [-0.25, -0.2) is 9.37 Å². The molecule has 0 saturated heterocycles. The van der Waals surface area contributed by atoms with Crippen LogP contribution in [0.15, 0.2) is 24.4 Å². The van der Waals surface area contributed by atoms with Gasteiger partial charge in [-0.15, -0.1) is 11.3 Å². The highest BCUT2D eigenvalue weighted by molar-refractivity contribution is 7.15. The molecule has 0 amide bonds. The molecule has 3 rings (SSSR count). The lowest BCUT2D eigenvalue weighted by Gasteiger charge is -2.10. The molecule has 0 unspecified atom stereocenters. The molecule has 1 aliphatic carbocycles. The van der Waals surface area contributed by atoms with Gasteiger partial charge in [-0.2, -0.15) is 13.2 Å². The summed E-state index contributed by atoms with van der Waals surface area (Å²) in [7, 11) is 0. The van der Waals surface area contributed by atoms with E-state index in [4.69, 9.17) is 0 Å². The molecule has 0 radical (unpaired) electrons. The van der Waals surface area contributed by atoms with E-state index in [-0.39, 0.29) is 10.6 Å². The summed E-state index contributed by atoms with van der Waals surface area (Å²) in [4.78, 5) is 4.85. The van der Waals surface area contributed by atoms with Gasteiger partial charge in [-0.05, 0) is 31.0 Å². The summed E-state index contributed by atoms with van der Waals surface area (Å²) < 4.78 is 52.2. The molecule has 112 valence electrons. The molecule has 0 aliphatic heterocycles. The van der Waals surface area contributed by atoms with E-state index in [0.717, 1.165) is 47.3 Å². The van der Waals surface area contributed by atoms with E-state index < -0.39 is 17.6 Å². The molecule has 1 N–H and O–H groups in total. The molecule has 1 aromatic carbocycles. The number of halogens is 4. The second-order valence-corrected chi connectivity index (χ2v) is 6.09. The molecule has 1 aliphatic rings. The van der Waals surface area contributed by atoms with E-state index in [2.05, 4.69) is 10.3 Å². The van der Waals surface area contributed by atoms with Crippen LogP contribution in [0, 0.1) is 5.82 Å². The van der Waals surface area contributed by atoms with Crippen LogP contribution in [-0.2, 0) is 12.7 Å². The highest BCUT2D eigenvalue weighted by atomic mass is 32.1. The molecule has 2 nitrogen and oxygen atoms in total. The fraction of sp³-hybridized carbons (Fsp3) is 0.357. The van der Waals surface area contributed by atoms with Crippen LogP contribution in [0.2, 0.25) is 0 Å². The maximum absolute atomic E-state index is 13.3. The number of aromatic nitrogens is 1. The van der Waals surface area contributed by atoms with Crippen molar-refractivity contribution in [2.45, 2.75) is 31.6 Å². The van der Waals surface area contributed by atoms with Gasteiger partial charge in [0.05, 0.1) is 5.56 Å². The molecule has 0 atom stereocenters. The maximum Gasteiger partial charge on any atom is 0.417 e. The van der Waals surface area contributed by atoms with Crippen molar-refractivity contribution in [2.24, 2.45) is 0 Å². The summed E-state index contributed by atoms with van der Waals surface area (Å²) in [5.74, 6) is -0.703. The third kappa shape index (κ3) is 3.41. The number of nitrogens with zero attached hydrogens (tertiary/aromatic N) is 1. The van der Waals surface area contributed by atoms with Crippen LogP contribution < -0.4 is 5.32 Å². The Hall–Kier alpha value is -1.47. The second-order valence-electron chi connectivity index (χ2n) is 4.97. The van der Waals surface area contributed by atoms with E-state index in [1.807, 2.05) is 0 Å². The van der Waals surface area contributed by atoms with Crippen molar-refractivity contribution in [1.82, 2.24) is 10.3 Å². The van der Waals surface area contributed by atoms with Gasteiger partial charge in [0.2, 0.25) is 0 Å². The minimum Gasteiger partial charge on any atom is -0.309 e. The Morgan fingerprint density at radius 3 is 2.71 bits per heavy atom. The van der Waals surface area contributed by atoms with Gasteiger partial charge in [0.25, 0.3) is 0 Å². The summed E-state index contributed by atoms with van der Waals surface area (Å²) >= 11 is 1.15. The zero-order chi connectivity index (χ0) is 15.0. The van der Waals surface area contributed by atoms with Gasteiger partial charge >= 0.3 is 6.18 Å². The fourth-order valence-electron chi connectivity index (χ4n) is 1.99. The zero-order valence-electron chi connectivity index (χ0n) is 10.9. The molecule has 1 heterocycles. The first-order valence-electron chi connectivity index (χ1n) is 6.48. The molecule has 21 heavy (non-hydrogen) atoms. The highest BCUT2D eigenvalue weighted by Gasteiger charge is 2.34. The number of thiazole rings is 1. The third-order valence-electron chi connectivity index (χ3n) is 3.21. The highest BCUT2D eigenvalue weighted by Crippen LogP contribution is 2.38. The largest absolute Gasteiger partial charge is 0.417 e. The lowest BCUT2D eigenvalue weighted by Crippen LogP contribution is -2.14. The number of benzene rings is 1. The molecule has 2 aromatic rings. The number of nitrogens with one attached hydrogen (secondary N) is 1. The van der Waals surface area contributed by atoms with Gasteiger partial charge in [0.1, 0.15) is 10.8 Å². The number of hydrogen-bond donors (Lipinski definition) is 1. The molecule has 7 heteroatoms. The van der Waals surface area contributed by atoms with Gasteiger partial charge in [0.15, 0.2) is 0 Å². The first-order valence-corrected chi connectivity index (χ1v) is 7.30. The number of hydrogen-bond acceptors (Lipinski definition) is 3. The van der Waals surface area contributed by atoms with E-state index in [1.165, 1.54) is 0 Å². The normalized spacial score (nSPS) is 15.4. The van der Waals surface area contributed by atoms with Crippen LogP contribution in [0.4, 0.5) is 17.6 Å². The smallest absolute Gasteiger partial charge is 0.309 e. The third-order valence-corrected chi connectivity index (χ3v) is 4.24. The predicted octanol–water partition coefficient (Wildman–Crippen LogP) is 4.22. The summed E-state index contributed by atoms with van der Waals surface area (Å²) in [6, 6.07) is 2.97. The van der Waals surface area contributed by atoms with Crippen LogP contribution >= 0.6 is 11.3 Å². The topological polar surface area (TPSA) is 24.9 Å². The Morgan fingerprint density at radius 2 is 2.05 bits per heavy atom. The van der Waals surface area contributed by atoms with Gasteiger partial charge in [-0.1, -0.05) is 0 Å². The van der Waals surface area contributed by atoms with E-state index in [9.17, 15) is 17.6 Å². The monoisotopic (exact) mass is 316 g/mol. The first-order chi connectivity index (χ1) is 9.93. The van der Waals surface area contributed by atoms with Crippen LogP contribution in [0.5, 0.6) is 0 Å². The summed E-state index contributed by atoms with van der Waals surface area (Å²) in [6.07, 6.45) is -0.719. The lowest BCUT2D eigenvalue weighted by atomic mass is 10.1. The Labute approximate surface area is 122 Å². The Morgan fingerprint density at radius 1 is 1.29 bits per heavy atom. The Balaban J connectivity index is 1.89. The predicted molar refractivity (Wildman–Crippen MR) is 72.4 cm³/mol. The number of alkyl halides is 3. The average Bonchev–Trinajstić information content (AvgIpc) is 3.12. The van der Waals surface area contributed by atoms with Crippen molar-refractivity contribution in [3.05, 3.63) is 40.7 Å². The minimum absolute atomic E-state index is 0.189. The van der Waals surface area contributed by atoms with Gasteiger partial charge < -0.3 is 5.32 Å². The van der Waals surface area contributed by atoms with Crippen molar-refractivity contribution in [1.29, 1.82) is 0 Å². The van der Waals surface area contributed by atoms with Crippen molar-refractivity contribution in [2.75, 3.05) is 0 Å². The van der Waals surface area contributed by atoms with E-state index in [1.54, 1.807) is 6.20 Å². The Bertz CT molecular complexity index is 647. The molecule has 0 bridgehead atoms. The lowest BCUT2D eigenvalue weighted by molar-refractivity contribution is -0.137. The Kier molecular flexibility index (Phi) is 3.71. The summed E-state index contributed by atoms with van der Waals surface area (Å²) in [5.41, 5.74) is -1.06. The average molecular weight is 316 g/mol. The van der Waals surface area contributed by atoms with Gasteiger partial charge in [0, 0.05) is 29.2 Å². The molecule has 1 fully saturated rings. The van der Waals surface area contributed by atoms with Crippen LogP contribution in [0.25, 0.3) is 10.6 Å².